The minimum atomic E-state index is -3.97. The Bertz CT molecular complexity index is 1180. The van der Waals surface area contributed by atoms with Crippen molar-refractivity contribution in [3.8, 4) is 17.2 Å². The summed E-state index contributed by atoms with van der Waals surface area (Å²) in [4.78, 5) is 20.2. The quantitative estimate of drug-likeness (QED) is 0.620. The first kappa shape index (κ1) is 20.6. The zero-order valence-electron chi connectivity index (χ0n) is 16.2. The molecule has 1 aromatic carbocycles. The first-order valence-corrected chi connectivity index (χ1v) is 10.9. The second-order valence-corrected chi connectivity index (χ2v) is 9.05. The molecule has 1 amide bonds. The van der Waals surface area contributed by atoms with Gasteiger partial charge in [-0.3, -0.25) is 9.52 Å². The van der Waals surface area contributed by atoms with Gasteiger partial charge < -0.3 is 4.98 Å². The van der Waals surface area contributed by atoms with E-state index < -0.39 is 27.6 Å². The van der Waals surface area contributed by atoms with E-state index in [0.29, 0.717) is 6.42 Å². The standard InChI is InChI=1S/C21H22N4O3S/c1-14(2)10-19(21(26)25-29(27,28)9-7-22)16-5-3-4-15(11-16)18-12-17-6-8-23-20(17)24-13-18/h3-6,8,11-14,19H,9-10H2,1-2H3,(H,23,24)(H,25,26). The van der Waals surface area contributed by atoms with Crippen molar-refractivity contribution in [2.24, 2.45) is 5.92 Å². The maximum absolute atomic E-state index is 12.7. The van der Waals surface area contributed by atoms with E-state index in [1.165, 1.54) is 0 Å². The SMILES string of the molecule is CC(C)CC(C(=O)NS(=O)(=O)CC#N)c1cccc(-c2cnc3[nH]ccc3c2)c1. The third kappa shape index (κ3) is 5.00. The van der Waals surface area contributed by atoms with Crippen LogP contribution in [0.15, 0.2) is 48.8 Å². The lowest BCUT2D eigenvalue weighted by molar-refractivity contribution is -0.121. The van der Waals surface area contributed by atoms with Gasteiger partial charge in [0.15, 0.2) is 5.75 Å². The van der Waals surface area contributed by atoms with E-state index in [4.69, 9.17) is 5.26 Å². The van der Waals surface area contributed by atoms with Gasteiger partial charge in [0, 0.05) is 23.3 Å². The summed E-state index contributed by atoms with van der Waals surface area (Å²) in [5.74, 6) is -1.85. The number of nitriles is 1. The molecule has 8 heteroatoms. The molecule has 0 spiro atoms. The fraction of sp³-hybridized carbons (Fsp3) is 0.286. The van der Waals surface area contributed by atoms with Gasteiger partial charge in [-0.2, -0.15) is 5.26 Å². The Morgan fingerprint density at radius 2 is 2.03 bits per heavy atom. The van der Waals surface area contributed by atoms with E-state index in [1.807, 2.05) is 61.2 Å². The summed E-state index contributed by atoms with van der Waals surface area (Å²) in [6.45, 7) is 3.94. The van der Waals surface area contributed by atoms with Crippen molar-refractivity contribution >= 4 is 27.0 Å². The van der Waals surface area contributed by atoms with Gasteiger partial charge in [-0.15, -0.1) is 0 Å². The second kappa shape index (κ2) is 8.45. The van der Waals surface area contributed by atoms with Gasteiger partial charge >= 0.3 is 0 Å². The zero-order chi connectivity index (χ0) is 21.0. The average Bonchev–Trinajstić information content (AvgIpc) is 3.13. The molecule has 0 radical (unpaired) electrons. The minimum absolute atomic E-state index is 0.172. The van der Waals surface area contributed by atoms with E-state index in [2.05, 4.69) is 9.97 Å². The normalized spacial score (nSPS) is 12.6. The van der Waals surface area contributed by atoms with Crippen molar-refractivity contribution in [3.05, 3.63) is 54.4 Å². The highest BCUT2D eigenvalue weighted by Crippen LogP contribution is 2.29. The van der Waals surface area contributed by atoms with Crippen molar-refractivity contribution in [2.75, 3.05) is 5.75 Å². The zero-order valence-corrected chi connectivity index (χ0v) is 17.0. The molecule has 29 heavy (non-hydrogen) atoms. The van der Waals surface area contributed by atoms with Crippen molar-refractivity contribution in [2.45, 2.75) is 26.2 Å². The number of benzene rings is 1. The lowest BCUT2D eigenvalue weighted by atomic mass is 9.88. The average molecular weight is 410 g/mol. The number of fused-ring (bicyclic) bond motifs is 1. The van der Waals surface area contributed by atoms with Gasteiger partial charge in [0.2, 0.25) is 15.9 Å². The van der Waals surface area contributed by atoms with E-state index >= 15 is 0 Å². The van der Waals surface area contributed by atoms with Crippen LogP contribution in [0.1, 0.15) is 31.7 Å². The molecule has 0 aliphatic rings. The number of rotatable bonds is 7. The molecule has 0 fully saturated rings. The predicted molar refractivity (Wildman–Crippen MR) is 111 cm³/mol. The first-order chi connectivity index (χ1) is 13.8. The summed E-state index contributed by atoms with van der Waals surface area (Å²) in [5, 5.41) is 9.63. The Kier molecular flexibility index (Phi) is 5.99. The van der Waals surface area contributed by atoms with Crippen LogP contribution in [0, 0.1) is 17.2 Å². The third-order valence-electron chi connectivity index (χ3n) is 4.56. The van der Waals surface area contributed by atoms with Crippen molar-refractivity contribution in [1.29, 1.82) is 5.26 Å². The molecule has 1 atom stereocenters. The van der Waals surface area contributed by atoms with Crippen molar-refractivity contribution < 1.29 is 13.2 Å². The molecule has 0 saturated heterocycles. The molecule has 3 aromatic rings. The Labute approximate surface area is 169 Å². The number of carbonyl (C=O) groups excluding carboxylic acids is 1. The number of amides is 1. The summed E-state index contributed by atoms with van der Waals surface area (Å²) >= 11 is 0. The van der Waals surface area contributed by atoms with Crippen LogP contribution >= 0.6 is 0 Å². The number of carbonyl (C=O) groups is 1. The van der Waals surface area contributed by atoms with Crippen LogP contribution in [0.25, 0.3) is 22.2 Å². The number of pyridine rings is 1. The number of nitrogens with zero attached hydrogens (tertiary/aromatic N) is 2. The summed E-state index contributed by atoms with van der Waals surface area (Å²) in [5.41, 5.74) is 3.30. The van der Waals surface area contributed by atoms with Gasteiger partial charge in [0.25, 0.3) is 0 Å². The van der Waals surface area contributed by atoms with Crippen LogP contribution in [0.4, 0.5) is 0 Å². The van der Waals surface area contributed by atoms with Crippen LogP contribution < -0.4 is 4.72 Å². The van der Waals surface area contributed by atoms with E-state index in [-0.39, 0.29) is 5.92 Å². The van der Waals surface area contributed by atoms with Crippen LogP contribution in [0.5, 0.6) is 0 Å². The molecule has 2 heterocycles. The highest BCUT2D eigenvalue weighted by molar-refractivity contribution is 7.90. The predicted octanol–water partition coefficient (Wildman–Crippen LogP) is 3.33. The van der Waals surface area contributed by atoms with Gasteiger partial charge in [0.1, 0.15) is 5.65 Å². The lowest BCUT2D eigenvalue weighted by Gasteiger charge is -2.19. The fourth-order valence-electron chi connectivity index (χ4n) is 3.24. The maximum Gasteiger partial charge on any atom is 0.248 e. The van der Waals surface area contributed by atoms with Gasteiger partial charge in [-0.1, -0.05) is 38.1 Å². The van der Waals surface area contributed by atoms with Gasteiger partial charge in [-0.05, 0) is 35.6 Å². The van der Waals surface area contributed by atoms with E-state index in [9.17, 15) is 13.2 Å². The Balaban J connectivity index is 1.95. The maximum atomic E-state index is 12.7. The molecule has 7 nitrogen and oxygen atoms in total. The number of hydrogen-bond donors (Lipinski definition) is 2. The first-order valence-electron chi connectivity index (χ1n) is 9.24. The van der Waals surface area contributed by atoms with E-state index in [0.717, 1.165) is 27.7 Å². The molecule has 0 saturated carbocycles. The largest absolute Gasteiger partial charge is 0.346 e. The molecule has 0 aliphatic heterocycles. The number of H-pyrrole nitrogens is 1. The Morgan fingerprint density at radius 3 is 2.76 bits per heavy atom. The molecule has 2 aromatic heterocycles. The van der Waals surface area contributed by atoms with Crippen LogP contribution in [0.3, 0.4) is 0 Å². The second-order valence-electron chi connectivity index (χ2n) is 7.33. The van der Waals surface area contributed by atoms with Crippen molar-refractivity contribution in [1.82, 2.24) is 14.7 Å². The van der Waals surface area contributed by atoms with Crippen LogP contribution in [0.2, 0.25) is 0 Å². The Hall–Kier alpha value is -3.18. The molecular formula is C21H22N4O3S. The fourth-order valence-corrected chi connectivity index (χ4v) is 3.93. The number of nitrogens with one attached hydrogen (secondary N) is 2. The van der Waals surface area contributed by atoms with Crippen LogP contribution in [-0.2, 0) is 14.8 Å². The molecule has 0 bridgehead atoms. The van der Waals surface area contributed by atoms with Crippen LogP contribution in [-0.4, -0.2) is 30.0 Å². The monoisotopic (exact) mass is 410 g/mol. The topological polar surface area (TPSA) is 116 Å². The van der Waals surface area contributed by atoms with Crippen molar-refractivity contribution in [3.63, 3.8) is 0 Å². The number of aromatic nitrogens is 2. The summed E-state index contributed by atoms with van der Waals surface area (Å²) in [6, 6.07) is 13.0. The molecule has 0 aliphatic carbocycles. The minimum Gasteiger partial charge on any atom is -0.346 e. The summed E-state index contributed by atoms with van der Waals surface area (Å²) < 4.78 is 25.8. The number of sulfonamides is 1. The lowest BCUT2D eigenvalue weighted by Crippen LogP contribution is -2.36. The number of hydrogen-bond acceptors (Lipinski definition) is 5. The molecule has 150 valence electrons. The number of aromatic amines is 1. The molecule has 1 unspecified atom stereocenters. The molecule has 3 rings (SSSR count). The summed E-state index contributed by atoms with van der Waals surface area (Å²) in [6.07, 6.45) is 4.06. The molecule has 2 N–H and O–H groups in total. The highest BCUT2D eigenvalue weighted by Gasteiger charge is 2.26. The van der Waals surface area contributed by atoms with E-state index in [1.54, 1.807) is 12.3 Å². The van der Waals surface area contributed by atoms with Gasteiger partial charge in [0.05, 0.1) is 12.0 Å². The summed E-state index contributed by atoms with van der Waals surface area (Å²) in [7, 11) is -3.97. The molecular weight excluding hydrogens is 388 g/mol. The Morgan fingerprint density at radius 1 is 1.24 bits per heavy atom. The van der Waals surface area contributed by atoms with Gasteiger partial charge in [-0.25, -0.2) is 13.4 Å². The third-order valence-corrected chi connectivity index (χ3v) is 5.58. The smallest absolute Gasteiger partial charge is 0.248 e. The highest BCUT2D eigenvalue weighted by atomic mass is 32.2.